The zero-order valence-electron chi connectivity index (χ0n) is 9.58. The van der Waals surface area contributed by atoms with E-state index >= 15 is 0 Å². The highest BCUT2D eigenvalue weighted by Gasteiger charge is 2.10. The van der Waals surface area contributed by atoms with Gasteiger partial charge in [0, 0.05) is 10.1 Å². The lowest BCUT2D eigenvalue weighted by Crippen LogP contribution is -2.04. The van der Waals surface area contributed by atoms with Crippen molar-refractivity contribution in [1.82, 2.24) is 0 Å². The molecule has 1 heterocycles. The Kier molecular flexibility index (Phi) is 5.40. The Morgan fingerprint density at radius 1 is 1.47 bits per heavy atom. The minimum absolute atomic E-state index is 0.282. The average molecular weight is 242 g/mol. The smallest absolute Gasteiger partial charge is 0.182 e. The van der Waals surface area contributed by atoms with Gasteiger partial charge in [0.15, 0.2) is 5.78 Å². The summed E-state index contributed by atoms with van der Waals surface area (Å²) in [6, 6.07) is 4.02. The van der Waals surface area contributed by atoms with Gasteiger partial charge >= 0.3 is 0 Å². The van der Waals surface area contributed by atoms with E-state index < -0.39 is 0 Å². The zero-order chi connectivity index (χ0) is 11.3. The van der Waals surface area contributed by atoms with Gasteiger partial charge in [0.2, 0.25) is 0 Å². The number of carbonyl (C=O) groups is 1. The van der Waals surface area contributed by atoms with Crippen LogP contribution in [0.4, 0.5) is 0 Å². The summed E-state index contributed by atoms with van der Waals surface area (Å²) in [5.74, 6) is 0.906. The van der Waals surface area contributed by atoms with Gasteiger partial charge in [0.05, 0.1) is 10.6 Å². The van der Waals surface area contributed by atoms with Crippen LogP contribution in [0.1, 0.15) is 41.7 Å². The fourth-order valence-corrected chi connectivity index (χ4v) is 2.93. The van der Waals surface area contributed by atoms with Crippen molar-refractivity contribution in [3.63, 3.8) is 0 Å². The van der Waals surface area contributed by atoms with Crippen LogP contribution in [0.15, 0.2) is 12.1 Å². The molecule has 0 N–H and O–H groups in total. The summed E-state index contributed by atoms with van der Waals surface area (Å²) in [5, 5.41) is 0.583. The number of aryl methyl sites for hydroxylation is 1. The predicted octanol–water partition coefficient (Wildman–Crippen LogP) is 4.02. The van der Waals surface area contributed by atoms with Gasteiger partial charge in [-0.05, 0) is 25.0 Å². The number of Topliss-reactive ketones (excluding diaryl/α,β-unsaturated/α-hetero) is 1. The van der Waals surface area contributed by atoms with Gasteiger partial charge in [0.1, 0.15) is 0 Å². The first kappa shape index (κ1) is 12.8. The van der Waals surface area contributed by atoms with Crippen LogP contribution < -0.4 is 0 Å². The highest BCUT2D eigenvalue weighted by atomic mass is 32.2. The summed E-state index contributed by atoms with van der Waals surface area (Å²) < 4.78 is 0. The summed E-state index contributed by atoms with van der Waals surface area (Å²) in [7, 11) is 0. The number of thiophene rings is 1. The molecule has 0 aromatic carbocycles. The van der Waals surface area contributed by atoms with Crippen LogP contribution in [0.25, 0.3) is 0 Å². The molecule has 0 aliphatic heterocycles. The molecule has 1 rings (SSSR count). The fourth-order valence-electron chi connectivity index (χ4n) is 1.12. The van der Waals surface area contributed by atoms with Crippen LogP contribution in [0.5, 0.6) is 0 Å². The molecule has 84 valence electrons. The molecule has 0 radical (unpaired) electrons. The van der Waals surface area contributed by atoms with Crippen molar-refractivity contribution >= 4 is 28.9 Å². The second kappa shape index (κ2) is 6.33. The maximum atomic E-state index is 11.8. The molecule has 0 aliphatic carbocycles. The number of rotatable bonds is 6. The molecule has 0 aliphatic rings. The van der Waals surface area contributed by atoms with Gasteiger partial charge in [0.25, 0.3) is 0 Å². The first-order valence-electron chi connectivity index (χ1n) is 5.40. The van der Waals surface area contributed by atoms with Crippen molar-refractivity contribution in [2.45, 2.75) is 38.9 Å². The lowest BCUT2D eigenvalue weighted by Gasteiger charge is -2.05. The van der Waals surface area contributed by atoms with E-state index in [-0.39, 0.29) is 5.78 Å². The topological polar surface area (TPSA) is 17.1 Å². The van der Waals surface area contributed by atoms with E-state index in [0.717, 1.165) is 17.7 Å². The number of carbonyl (C=O) groups excluding carboxylic acids is 1. The van der Waals surface area contributed by atoms with Crippen molar-refractivity contribution in [1.29, 1.82) is 0 Å². The van der Waals surface area contributed by atoms with Crippen LogP contribution in [-0.2, 0) is 6.42 Å². The monoisotopic (exact) mass is 242 g/mol. The molecule has 3 heteroatoms. The maximum Gasteiger partial charge on any atom is 0.182 e. The Labute approximate surface area is 100 Å². The molecule has 0 amide bonds. The molecule has 0 bridgehead atoms. The van der Waals surface area contributed by atoms with E-state index in [1.54, 1.807) is 23.1 Å². The van der Waals surface area contributed by atoms with Gasteiger partial charge in [-0.15, -0.1) is 11.3 Å². The zero-order valence-corrected chi connectivity index (χ0v) is 11.2. The highest BCUT2D eigenvalue weighted by molar-refractivity contribution is 8.00. The number of ketones is 1. The summed E-state index contributed by atoms with van der Waals surface area (Å²) in [5.41, 5.74) is 0. The molecular weight excluding hydrogens is 224 g/mol. The van der Waals surface area contributed by atoms with Gasteiger partial charge in [-0.25, -0.2) is 0 Å². The molecule has 1 nitrogen and oxygen atoms in total. The number of hydrogen-bond acceptors (Lipinski definition) is 3. The third kappa shape index (κ3) is 3.99. The standard InChI is InChI=1S/C12H18OS2/c1-4-9(3)14-8-11(13)12-7-6-10(5-2)15-12/h6-7,9H,4-5,8H2,1-3H3. The Bertz CT molecular complexity index is 317. The van der Waals surface area contributed by atoms with Crippen LogP contribution in [-0.4, -0.2) is 16.8 Å². The van der Waals surface area contributed by atoms with Crippen molar-refractivity contribution in [2.75, 3.05) is 5.75 Å². The van der Waals surface area contributed by atoms with Gasteiger partial charge in [-0.1, -0.05) is 20.8 Å². The van der Waals surface area contributed by atoms with Crippen LogP contribution in [0.3, 0.4) is 0 Å². The van der Waals surface area contributed by atoms with E-state index in [9.17, 15) is 4.79 Å². The minimum Gasteiger partial charge on any atom is -0.292 e. The predicted molar refractivity (Wildman–Crippen MR) is 70.2 cm³/mol. The molecular formula is C12H18OS2. The Balaban J connectivity index is 2.46. The van der Waals surface area contributed by atoms with Crippen LogP contribution in [0, 0.1) is 0 Å². The van der Waals surface area contributed by atoms with Gasteiger partial charge < -0.3 is 0 Å². The summed E-state index contributed by atoms with van der Waals surface area (Å²) in [6.07, 6.45) is 2.15. The van der Waals surface area contributed by atoms with E-state index in [2.05, 4.69) is 26.8 Å². The van der Waals surface area contributed by atoms with Crippen molar-refractivity contribution in [3.8, 4) is 0 Å². The SMILES string of the molecule is CCc1ccc(C(=O)CSC(C)CC)s1. The molecule has 0 saturated carbocycles. The van der Waals surface area contributed by atoms with E-state index in [0.29, 0.717) is 11.0 Å². The average Bonchev–Trinajstić information content (AvgIpc) is 2.73. The quantitative estimate of drug-likeness (QED) is 0.701. The molecule has 0 fully saturated rings. The van der Waals surface area contributed by atoms with E-state index in [1.807, 2.05) is 6.07 Å². The summed E-state index contributed by atoms with van der Waals surface area (Å²) >= 11 is 3.39. The van der Waals surface area contributed by atoms with Crippen molar-refractivity contribution in [3.05, 3.63) is 21.9 Å². The number of hydrogen-bond donors (Lipinski definition) is 0. The lowest BCUT2D eigenvalue weighted by atomic mass is 10.3. The maximum absolute atomic E-state index is 11.8. The second-order valence-electron chi connectivity index (χ2n) is 3.57. The molecule has 1 aromatic rings. The Morgan fingerprint density at radius 3 is 2.73 bits per heavy atom. The molecule has 1 aromatic heterocycles. The molecule has 0 spiro atoms. The van der Waals surface area contributed by atoms with Gasteiger partial charge in [-0.2, -0.15) is 11.8 Å². The lowest BCUT2D eigenvalue weighted by molar-refractivity contribution is 0.102. The first-order chi connectivity index (χ1) is 7.17. The van der Waals surface area contributed by atoms with Crippen molar-refractivity contribution < 1.29 is 4.79 Å². The largest absolute Gasteiger partial charge is 0.292 e. The van der Waals surface area contributed by atoms with E-state index in [1.165, 1.54) is 4.88 Å². The first-order valence-corrected chi connectivity index (χ1v) is 7.27. The summed E-state index contributed by atoms with van der Waals surface area (Å²) in [6.45, 7) is 6.44. The molecule has 1 unspecified atom stereocenters. The Morgan fingerprint density at radius 2 is 2.20 bits per heavy atom. The second-order valence-corrected chi connectivity index (χ2v) is 6.17. The van der Waals surface area contributed by atoms with E-state index in [4.69, 9.17) is 0 Å². The normalized spacial score (nSPS) is 12.7. The van der Waals surface area contributed by atoms with Crippen LogP contribution in [0.2, 0.25) is 0 Å². The Hall–Kier alpha value is -0.280. The third-order valence-corrected chi connectivity index (χ3v) is 4.96. The molecule has 1 atom stereocenters. The molecule has 0 saturated heterocycles. The van der Waals surface area contributed by atoms with Crippen LogP contribution >= 0.6 is 23.1 Å². The highest BCUT2D eigenvalue weighted by Crippen LogP contribution is 2.21. The number of thioether (sulfide) groups is 1. The minimum atomic E-state index is 0.282. The van der Waals surface area contributed by atoms with Gasteiger partial charge in [-0.3, -0.25) is 4.79 Å². The summed E-state index contributed by atoms with van der Waals surface area (Å²) in [4.78, 5) is 14.0. The third-order valence-electron chi connectivity index (χ3n) is 2.36. The van der Waals surface area contributed by atoms with Crippen molar-refractivity contribution in [2.24, 2.45) is 0 Å². The fraction of sp³-hybridized carbons (Fsp3) is 0.583. The molecule has 15 heavy (non-hydrogen) atoms.